The van der Waals surface area contributed by atoms with Crippen molar-refractivity contribution in [3.05, 3.63) is 54.1 Å². The lowest BCUT2D eigenvalue weighted by Crippen LogP contribution is -1.87. The minimum atomic E-state index is 0.478. The number of aryl methyl sites for hydroxylation is 1. The maximum atomic E-state index is 10.3. The molecule has 0 fully saturated rings. The van der Waals surface area contributed by atoms with Crippen molar-refractivity contribution in [3.63, 3.8) is 0 Å². The minimum absolute atomic E-state index is 0.478. The Hall–Kier alpha value is -2.38. The van der Waals surface area contributed by atoms with Gasteiger partial charge < -0.3 is 4.74 Å². The molecule has 0 aromatic heterocycles. The Balaban J connectivity index is 2.36. The number of isocyanates is 1. The SMILES string of the molecule is Cc1ccccc1Oc1ccccc1N=C=O. The van der Waals surface area contributed by atoms with Crippen molar-refractivity contribution in [1.82, 2.24) is 0 Å². The molecule has 3 nitrogen and oxygen atoms in total. The Kier molecular flexibility index (Phi) is 3.34. The molecule has 0 atom stereocenters. The van der Waals surface area contributed by atoms with Crippen molar-refractivity contribution in [2.75, 3.05) is 0 Å². The van der Waals surface area contributed by atoms with Crippen LogP contribution in [0, 0.1) is 6.92 Å². The van der Waals surface area contributed by atoms with Crippen LogP contribution >= 0.6 is 0 Å². The van der Waals surface area contributed by atoms with Gasteiger partial charge in [0.1, 0.15) is 11.4 Å². The predicted molar refractivity (Wildman–Crippen MR) is 65.5 cm³/mol. The lowest BCUT2D eigenvalue weighted by Gasteiger charge is -2.09. The molecule has 0 saturated carbocycles. The van der Waals surface area contributed by atoms with Gasteiger partial charge in [-0.05, 0) is 30.7 Å². The maximum Gasteiger partial charge on any atom is 0.240 e. The van der Waals surface area contributed by atoms with Crippen LogP contribution in [-0.2, 0) is 4.79 Å². The van der Waals surface area contributed by atoms with Crippen molar-refractivity contribution < 1.29 is 9.53 Å². The molecule has 0 aliphatic heterocycles. The summed E-state index contributed by atoms with van der Waals surface area (Å²) in [6.45, 7) is 1.96. The molecule has 0 bridgehead atoms. The number of rotatable bonds is 3. The predicted octanol–water partition coefficient (Wildman–Crippen LogP) is 3.75. The van der Waals surface area contributed by atoms with Crippen molar-refractivity contribution in [2.45, 2.75) is 6.92 Å². The van der Waals surface area contributed by atoms with Gasteiger partial charge in [0, 0.05) is 0 Å². The summed E-state index contributed by atoms with van der Waals surface area (Å²) in [4.78, 5) is 13.9. The molecule has 0 aliphatic rings. The fourth-order valence-electron chi connectivity index (χ4n) is 1.47. The molecule has 0 amide bonds. The number of hydrogen-bond acceptors (Lipinski definition) is 3. The number of hydrogen-bond donors (Lipinski definition) is 0. The van der Waals surface area contributed by atoms with Gasteiger partial charge in [0.05, 0.1) is 0 Å². The minimum Gasteiger partial charge on any atom is -0.455 e. The highest BCUT2D eigenvalue weighted by atomic mass is 16.5. The number of carbonyl (C=O) groups excluding carboxylic acids is 1. The summed E-state index contributed by atoms with van der Waals surface area (Å²) in [7, 11) is 0. The third-order valence-corrected chi connectivity index (χ3v) is 2.34. The third-order valence-electron chi connectivity index (χ3n) is 2.34. The van der Waals surface area contributed by atoms with E-state index in [1.165, 1.54) is 6.08 Å². The van der Waals surface area contributed by atoms with Crippen LogP contribution in [-0.4, -0.2) is 6.08 Å². The van der Waals surface area contributed by atoms with Gasteiger partial charge in [-0.15, -0.1) is 0 Å². The van der Waals surface area contributed by atoms with Gasteiger partial charge in [-0.25, -0.2) is 4.79 Å². The van der Waals surface area contributed by atoms with Crippen LogP contribution < -0.4 is 4.74 Å². The van der Waals surface area contributed by atoms with E-state index in [9.17, 15) is 4.79 Å². The topological polar surface area (TPSA) is 38.7 Å². The van der Waals surface area contributed by atoms with E-state index in [1.54, 1.807) is 18.2 Å². The molecule has 2 aromatic carbocycles. The largest absolute Gasteiger partial charge is 0.455 e. The summed E-state index contributed by atoms with van der Waals surface area (Å²) >= 11 is 0. The number of nitrogens with zero attached hydrogens (tertiary/aromatic N) is 1. The van der Waals surface area contributed by atoms with Crippen LogP contribution in [0.15, 0.2) is 53.5 Å². The van der Waals surface area contributed by atoms with E-state index in [2.05, 4.69) is 4.99 Å². The standard InChI is InChI=1S/C14H11NO2/c1-11-6-2-4-8-13(11)17-14-9-5-3-7-12(14)15-10-16/h2-9H,1H3. The summed E-state index contributed by atoms with van der Waals surface area (Å²) in [5.41, 5.74) is 1.50. The van der Waals surface area contributed by atoms with E-state index in [1.807, 2.05) is 37.3 Å². The molecular formula is C14H11NO2. The van der Waals surface area contributed by atoms with Gasteiger partial charge in [0.25, 0.3) is 0 Å². The summed E-state index contributed by atoms with van der Waals surface area (Å²) in [5, 5.41) is 0. The molecule has 0 unspecified atom stereocenters. The lowest BCUT2D eigenvalue weighted by atomic mass is 10.2. The van der Waals surface area contributed by atoms with Crippen molar-refractivity contribution in [3.8, 4) is 11.5 Å². The first-order valence-electron chi connectivity index (χ1n) is 5.21. The highest BCUT2D eigenvalue weighted by Crippen LogP contribution is 2.32. The van der Waals surface area contributed by atoms with Crippen LogP contribution in [0.4, 0.5) is 5.69 Å². The van der Waals surface area contributed by atoms with Crippen molar-refractivity contribution >= 4 is 11.8 Å². The lowest BCUT2D eigenvalue weighted by molar-refractivity contribution is 0.480. The molecule has 17 heavy (non-hydrogen) atoms. The Morgan fingerprint density at radius 3 is 2.35 bits per heavy atom. The van der Waals surface area contributed by atoms with E-state index in [0.29, 0.717) is 11.4 Å². The number of ether oxygens (including phenoxy) is 1. The monoisotopic (exact) mass is 225 g/mol. The highest BCUT2D eigenvalue weighted by molar-refractivity contribution is 5.58. The summed E-state index contributed by atoms with van der Waals surface area (Å²) < 4.78 is 5.72. The molecule has 0 radical (unpaired) electrons. The van der Waals surface area contributed by atoms with Crippen LogP contribution in [0.3, 0.4) is 0 Å². The zero-order valence-corrected chi connectivity index (χ0v) is 9.38. The Bertz CT molecular complexity index is 572. The van der Waals surface area contributed by atoms with Crippen LogP contribution in [0.25, 0.3) is 0 Å². The van der Waals surface area contributed by atoms with Gasteiger partial charge in [-0.1, -0.05) is 30.3 Å². The van der Waals surface area contributed by atoms with Crippen LogP contribution in [0.5, 0.6) is 11.5 Å². The third kappa shape index (κ3) is 2.60. The van der Waals surface area contributed by atoms with E-state index in [0.717, 1.165) is 11.3 Å². The van der Waals surface area contributed by atoms with E-state index >= 15 is 0 Å². The Morgan fingerprint density at radius 1 is 1.00 bits per heavy atom. The fraction of sp³-hybridized carbons (Fsp3) is 0.0714. The van der Waals surface area contributed by atoms with E-state index < -0.39 is 0 Å². The molecule has 0 heterocycles. The van der Waals surface area contributed by atoms with Crippen LogP contribution in [0.2, 0.25) is 0 Å². The van der Waals surface area contributed by atoms with Crippen molar-refractivity contribution in [2.24, 2.45) is 4.99 Å². The first-order valence-corrected chi connectivity index (χ1v) is 5.21. The molecule has 0 spiro atoms. The quantitative estimate of drug-likeness (QED) is 0.589. The van der Waals surface area contributed by atoms with E-state index in [-0.39, 0.29) is 0 Å². The highest BCUT2D eigenvalue weighted by Gasteiger charge is 2.04. The summed E-state index contributed by atoms with van der Waals surface area (Å²) in [5.74, 6) is 1.30. The molecule has 0 N–H and O–H groups in total. The second-order valence-electron chi connectivity index (χ2n) is 3.54. The van der Waals surface area contributed by atoms with Crippen LogP contribution in [0.1, 0.15) is 5.56 Å². The molecule has 2 aromatic rings. The van der Waals surface area contributed by atoms with Gasteiger partial charge in [-0.3, -0.25) is 0 Å². The van der Waals surface area contributed by atoms with Gasteiger partial charge >= 0.3 is 0 Å². The Morgan fingerprint density at radius 2 is 1.65 bits per heavy atom. The Labute approximate surface area is 99.4 Å². The first-order chi connectivity index (χ1) is 8.31. The van der Waals surface area contributed by atoms with E-state index in [4.69, 9.17) is 4.74 Å². The van der Waals surface area contributed by atoms with Gasteiger partial charge in [0.2, 0.25) is 6.08 Å². The smallest absolute Gasteiger partial charge is 0.240 e. The zero-order chi connectivity index (χ0) is 12.1. The maximum absolute atomic E-state index is 10.3. The zero-order valence-electron chi connectivity index (χ0n) is 9.38. The summed E-state index contributed by atoms with van der Waals surface area (Å²) in [6, 6.07) is 14.8. The molecule has 3 heteroatoms. The van der Waals surface area contributed by atoms with Gasteiger partial charge in [-0.2, -0.15) is 4.99 Å². The molecule has 0 aliphatic carbocycles. The normalized spacial score (nSPS) is 9.47. The molecular weight excluding hydrogens is 214 g/mol. The van der Waals surface area contributed by atoms with Gasteiger partial charge in [0.15, 0.2) is 5.75 Å². The first kappa shape index (κ1) is 11.1. The average Bonchev–Trinajstić information content (AvgIpc) is 2.35. The second kappa shape index (κ2) is 5.10. The van der Waals surface area contributed by atoms with Crippen molar-refractivity contribution in [1.29, 1.82) is 0 Å². The number of benzene rings is 2. The molecule has 0 saturated heterocycles. The summed E-state index contributed by atoms with van der Waals surface area (Å²) in [6.07, 6.45) is 1.52. The average molecular weight is 225 g/mol. The number of aliphatic imine (C=N–C) groups is 1. The second-order valence-corrected chi connectivity index (χ2v) is 3.54. The fourth-order valence-corrected chi connectivity index (χ4v) is 1.47. The molecule has 2 rings (SSSR count). The number of para-hydroxylation sites is 3. The molecule has 84 valence electrons.